The van der Waals surface area contributed by atoms with E-state index in [2.05, 4.69) is 15.3 Å². The van der Waals surface area contributed by atoms with Crippen molar-refractivity contribution in [3.63, 3.8) is 0 Å². The van der Waals surface area contributed by atoms with Crippen LogP contribution in [-0.2, 0) is 6.54 Å². The first kappa shape index (κ1) is 13.7. The van der Waals surface area contributed by atoms with Crippen molar-refractivity contribution in [2.24, 2.45) is 0 Å². The molecular weight excluding hydrogens is 235 g/mol. The summed E-state index contributed by atoms with van der Waals surface area (Å²) < 4.78 is 40.3. The average molecular weight is 249 g/mol. The predicted molar refractivity (Wildman–Crippen MR) is 55.6 cm³/mol. The highest BCUT2D eigenvalue weighted by Gasteiger charge is 2.26. The second-order valence-electron chi connectivity index (χ2n) is 3.34. The minimum absolute atomic E-state index is 0.106. The molecule has 0 atom stereocenters. The molecule has 1 aromatic rings. The zero-order valence-corrected chi connectivity index (χ0v) is 9.42. The van der Waals surface area contributed by atoms with Gasteiger partial charge in [0, 0.05) is 6.54 Å². The fourth-order valence-corrected chi connectivity index (χ4v) is 1.03. The van der Waals surface area contributed by atoms with Crippen LogP contribution in [0.5, 0.6) is 5.88 Å². The van der Waals surface area contributed by atoms with Crippen LogP contribution in [0, 0.1) is 0 Å². The van der Waals surface area contributed by atoms with Gasteiger partial charge in [-0.25, -0.2) is 4.98 Å². The Bertz CT molecular complexity index is 327. The van der Waals surface area contributed by atoms with E-state index in [9.17, 15) is 13.2 Å². The SMILES string of the molecule is CCNCc1cnc(OCCC(F)(F)F)cn1. The van der Waals surface area contributed by atoms with E-state index in [0.29, 0.717) is 6.54 Å². The summed E-state index contributed by atoms with van der Waals surface area (Å²) in [4.78, 5) is 7.86. The highest BCUT2D eigenvalue weighted by Crippen LogP contribution is 2.19. The summed E-state index contributed by atoms with van der Waals surface area (Å²) in [6.45, 7) is 2.91. The second kappa shape index (κ2) is 6.39. The predicted octanol–water partition coefficient (Wildman–Crippen LogP) is 1.92. The first-order valence-corrected chi connectivity index (χ1v) is 5.22. The Balaban J connectivity index is 2.35. The lowest BCUT2D eigenvalue weighted by molar-refractivity contribution is -0.139. The van der Waals surface area contributed by atoms with Crippen LogP contribution in [-0.4, -0.2) is 29.3 Å². The van der Waals surface area contributed by atoms with Crippen molar-refractivity contribution in [2.75, 3.05) is 13.2 Å². The van der Waals surface area contributed by atoms with Crippen molar-refractivity contribution in [3.8, 4) is 5.88 Å². The summed E-state index contributed by atoms with van der Waals surface area (Å²) in [6, 6.07) is 0. The molecule has 1 N–H and O–H groups in total. The summed E-state index contributed by atoms with van der Waals surface area (Å²) in [5, 5.41) is 3.05. The molecule has 0 fully saturated rings. The maximum absolute atomic E-state index is 11.8. The summed E-state index contributed by atoms with van der Waals surface area (Å²) in [6.07, 6.45) is -2.40. The molecule has 0 aliphatic carbocycles. The molecule has 0 saturated carbocycles. The summed E-state index contributed by atoms with van der Waals surface area (Å²) >= 11 is 0. The van der Waals surface area contributed by atoms with Gasteiger partial charge in [0.15, 0.2) is 0 Å². The monoisotopic (exact) mass is 249 g/mol. The maximum Gasteiger partial charge on any atom is 0.392 e. The van der Waals surface area contributed by atoms with Gasteiger partial charge in [0.2, 0.25) is 5.88 Å². The van der Waals surface area contributed by atoms with Crippen LogP contribution in [0.3, 0.4) is 0 Å². The molecule has 1 rings (SSSR count). The van der Waals surface area contributed by atoms with Crippen molar-refractivity contribution < 1.29 is 17.9 Å². The zero-order chi connectivity index (χ0) is 12.7. The van der Waals surface area contributed by atoms with E-state index in [1.54, 1.807) is 0 Å². The molecule has 0 unspecified atom stereocenters. The zero-order valence-electron chi connectivity index (χ0n) is 9.42. The van der Waals surface area contributed by atoms with Crippen molar-refractivity contribution >= 4 is 0 Å². The van der Waals surface area contributed by atoms with Gasteiger partial charge in [-0.1, -0.05) is 6.92 Å². The molecule has 1 aromatic heterocycles. The molecule has 0 radical (unpaired) electrons. The molecule has 0 bridgehead atoms. The average Bonchev–Trinajstić information content (AvgIpc) is 2.26. The minimum Gasteiger partial charge on any atom is -0.476 e. The number of alkyl halides is 3. The normalized spacial score (nSPS) is 11.5. The van der Waals surface area contributed by atoms with Crippen LogP contribution in [0.1, 0.15) is 19.0 Å². The van der Waals surface area contributed by atoms with Gasteiger partial charge in [0.25, 0.3) is 0 Å². The van der Waals surface area contributed by atoms with E-state index in [1.807, 2.05) is 6.92 Å². The maximum atomic E-state index is 11.8. The van der Waals surface area contributed by atoms with Crippen LogP contribution in [0.4, 0.5) is 13.2 Å². The molecule has 0 aliphatic rings. The number of rotatable bonds is 6. The van der Waals surface area contributed by atoms with E-state index >= 15 is 0 Å². The topological polar surface area (TPSA) is 47.0 Å². The summed E-state index contributed by atoms with van der Waals surface area (Å²) in [5.74, 6) is 0.106. The molecule has 0 aliphatic heterocycles. The standard InChI is InChI=1S/C10H14F3N3O/c1-2-14-5-8-6-16-9(7-15-8)17-4-3-10(11,12)13/h6-7,14H,2-5H2,1H3. The molecule has 7 heteroatoms. The first-order valence-electron chi connectivity index (χ1n) is 5.22. The molecule has 0 spiro atoms. The van der Waals surface area contributed by atoms with Crippen LogP contribution in [0.2, 0.25) is 0 Å². The quantitative estimate of drug-likeness (QED) is 0.836. The van der Waals surface area contributed by atoms with Crippen molar-refractivity contribution in [1.29, 1.82) is 0 Å². The van der Waals surface area contributed by atoms with Crippen molar-refractivity contribution in [2.45, 2.75) is 26.1 Å². The highest BCUT2D eigenvalue weighted by atomic mass is 19.4. The van der Waals surface area contributed by atoms with E-state index < -0.39 is 19.2 Å². The van der Waals surface area contributed by atoms with Gasteiger partial charge in [-0.2, -0.15) is 13.2 Å². The van der Waals surface area contributed by atoms with Crippen LogP contribution in [0.15, 0.2) is 12.4 Å². The van der Waals surface area contributed by atoms with Crippen LogP contribution < -0.4 is 10.1 Å². The Hall–Kier alpha value is -1.37. The summed E-state index contributed by atoms with van der Waals surface area (Å²) in [5.41, 5.74) is 0.718. The number of hydrogen-bond acceptors (Lipinski definition) is 4. The molecule has 96 valence electrons. The van der Waals surface area contributed by atoms with Gasteiger partial charge in [-0.05, 0) is 6.54 Å². The Kier molecular flexibility index (Phi) is 5.14. The lowest BCUT2D eigenvalue weighted by Crippen LogP contribution is -2.14. The first-order chi connectivity index (χ1) is 8.01. The van der Waals surface area contributed by atoms with Crippen molar-refractivity contribution in [3.05, 3.63) is 18.1 Å². The number of nitrogens with zero attached hydrogens (tertiary/aromatic N) is 2. The molecule has 4 nitrogen and oxygen atoms in total. The van der Waals surface area contributed by atoms with Gasteiger partial charge >= 0.3 is 6.18 Å². The minimum atomic E-state index is -4.21. The fraction of sp³-hybridized carbons (Fsp3) is 0.600. The molecular formula is C10H14F3N3O. The molecule has 0 saturated heterocycles. The Morgan fingerprint density at radius 2 is 2.06 bits per heavy atom. The Morgan fingerprint density at radius 1 is 1.29 bits per heavy atom. The van der Waals surface area contributed by atoms with Gasteiger partial charge in [0.05, 0.1) is 31.1 Å². The second-order valence-corrected chi connectivity index (χ2v) is 3.34. The van der Waals surface area contributed by atoms with E-state index in [-0.39, 0.29) is 5.88 Å². The van der Waals surface area contributed by atoms with Crippen molar-refractivity contribution in [1.82, 2.24) is 15.3 Å². The fourth-order valence-electron chi connectivity index (χ4n) is 1.03. The number of aromatic nitrogens is 2. The smallest absolute Gasteiger partial charge is 0.392 e. The molecule has 0 aromatic carbocycles. The highest BCUT2D eigenvalue weighted by molar-refractivity contribution is 5.07. The van der Waals surface area contributed by atoms with Crippen LogP contribution >= 0.6 is 0 Å². The van der Waals surface area contributed by atoms with E-state index in [4.69, 9.17) is 4.74 Å². The van der Waals surface area contributed by atoms with E-state index in [1.165, 1.54) is 12.4 Å². The molecule has 0 amide bonds. The number of ether oxygens (including phenoxy) is 1. The third-order valence-corrected chi connectivity index (χ3v) is 1.87. The third kappa shape index (κ3) is 6.06. The van der Waals surface area contributed by atoms with Gasteiger partial charge in [0.1, 0.15) is 0 Å². The van der Waals surface area contributed by atoms with E-state index in [0.717, 1.165) is 12.2 Å². The summed E-state index contributed by atoms with van der Waals surface area (Å²) in [7, 11) is 0. The molecule has 17 heavy (non-hydrogen) atoms. The van der Waals surface area contributed by atoms with Gasteiger partial charge < -0.3 is 10.1 Å². The Morgan fingerprint density at radius 3 is 2.59 bits per heavy atom. The van der Waals surface area contributed by atoms with Gasteiger partial charge in [-0.15, -0.1) is 0 Å². The lowest BCUT2D eigenvalue weighted by Gasteiger charge is -2.07. The number of halogens is 3. The lowest BCUT2D eigenvalue weighted by atomic mass is 10.4. The largest absolute Gasteiger partial charge is 0.476 e. The Labute approximate surface area is 97.2 Å². The number of nitrogens with one attached hydrogen (secondary N) is 1. The molecule has 1 heterocycles. The van der Waals surface area contributed by atoms with Crippen LogP contribution in [0.25, 0.3) is 0 Å². The van der Waals surface area contributed by atoms with Gasteiger partial charge in [-0.3, -0.25) is 4.98 Å². The number of hydrogen-bond donors (Lipinski definition) is 1. The third-order valence-electron chi connectivity index (χ3n) is 1.87.